The molecule has 9 nitrogen and oxygen atoms in total. The van der Waals surface area contributed by atoms with Crippen LogP contribution in [0.5, 0.6) is 11.6 Å². The zero-order valence-corrected chi connectivity index (χ0v) is 17.6. The first-order chi connectivity index (χ1) is 15.2. The lowest BCUT2D eigenvalue weighted by Gasteiger charge is -2.32. The number of rotatable bonds is 7. The molecule has 31 heavy (non-hydrogen) atoms. The molecule has 1 aliphatic heterocycles. The van der Waals surface area contributed by atoms with Crippen LogP contribution < -0.4 is 14.8 Å². The summed E-state index contributed by atoms with van der Waals surface area (Å²) >= 11 is 0. The van der Waals surface area contributed by atoms with Crippen molar-refractivity contribution >= 4 is 11.7 Å². The van der Waals surface area contributed by atoms with Crippen molar-refractivity contribution in [3.8, 4) is 11.6 Å². The Balaban J connectivity index is 1.37. The van der Waals surface area contributed by atoms with Gasteiger partial charge in [-0.3, -0.25) is 4.79 Å². The largest absolute Gasteiger partial charge is 0.489 e. The predicted molar refractivity (Wildman–Crippen MR) is 113 cm³/mol. The van der Waals surface area contributed by atoms with Gasteiger partial charge in [-0.2, -0.15) is 0 Å². The van der Waals surface area contributed by atoms with Crippen LogP contribution in [0.2, 0.25) is 0 Å². The number of carbonyl (C=O) groups is 1. The number of carbonyl (C=O) groups excluding carboxylic acids is 1. The summed E-state index contributed by atoms with van der Waals surface area (Å²) in [5, 5.41) is 7.38. The number of aromatic nitrogens is 3. The molecule has 162 valence electrons. The third-order valence-corrected chi connectivity index (χ3v) is 5.29. The van der Waals surface area contributed by atoms with Gasteiger partial charge in [0.1, 0.15) is 18.1 Å². The van der Waals surface area contributed by atoms with Gasteiger partial charge in [0.15, 0.2) is 11.5 Å². The van der Waals surface area contributed by atoms with E-state index in [1.807, 2.05) is 30.3 Å². The number of nitrogens with zero attached hydrogens (tertiary/aromatic N) is 4. The fourth-order valence-electron chi connectivity index (χ4n) is 3.55. The second-order valence-corrected chi connectivity index (χ2v) is 7.29. The summed E-state index contributed by atoms with van der Waals surface area (Å²) < 4.78 is 16.4. The highest BCUT2D eigenvalue weighted by Gasteiger charge is 2.29. The molecule has 9 heteroatoms. The first-order valence-corrected chi connectivity index (χ1v) is 10.2. The van der Waals surface area contributed by atoms with Crippen molar-refractivity contribution in [2.24, 2.45) is 0 Å². The van der Waals surface area contributed by atoms with Crippen molar-refractivity contribution in [2.45, 2.75) is 32.4 Å². The lowest BCUT2D eigenvalue weighted by molar-refractivity contribution is 0.0705. The summed E-state index contributed by atoms with van der Waals surface area (Å²) in [6, 6.07) is 9.64. The van der Waals surface area contributed by atoms with Gasteiger partial charge in [-0.25, -0.2) is 9.97 Å². The molecule has 1 fully saturated rings. The number of likely N-dealkylation sites (tertiary alicyclic amines) is 1. The highest BCUT2D eigenvalue weighted by atomic mass is 16.5. The van der Waals surface area contributed by atoms with E-state index in [1.165, 1.54) is 0 Å². The van der Waals surface area contributed by atoms with Crippen molar-refractivity contribution in [3.05, 3.63) is 59.7 Å². The molecule has 2 aromatic heterocycles. The maximum Gasteiger partial charge on any atom is 0.276 e. The van der Waals surface area contributed by atoms with E-state index in [4.69, 9.17) is 14.0 Å². The number of anilines is 1. The minimum Gasteiger partial charge on any atom is -0.489 e. The van der Waals surface area contributed by atoms with Crippen LogP contribution in [0.25, 0.3) is 0 Å². The lowest BCUT2D eigenvalue weighted by Crippen LogP contribution is -2.43. The molecule has 4 rings (SSSR count). The van der Waals surface area contributed by atoms with Gasteiger partial charge in [-0.05, 0) is 31.9 Å². The molecule has 0 unspecified atom stereocenters. The summed E-state index contributed by atoms with van der Waals surface area (Å²) in [5.74, 6) is 2.25. The zero-order chi connectivity index (χ0) is 21.6. The molecule has 0 bridgehead atoms. The van der Waals surface area contributed by atoms with Crippen LogP contribution in [0.15, 0.2) is 47.2 Å². The normalized spacial score (nSPS) is 14.3. The van der Waals surface area contributed by atoms with E-state index in [9.17, 15) is 4.79 Å². The van der Waals surface area contributed by atoms with Crippen molar-refractivity contribution < 1.29 is 18.8 Å². The summed E-state index contributed by atoms with van der Waals surface area (Å²) in [7, 11) is 1.56. The third kappa shape index (κ3) is 4.76. The predicted octanol–water partition coefficient (Wildman–Crippen LogP) is 3.08. The number of ether oxygens (including phenoxy) is 2. The van der Waals surface area contributed by atoms with Crippen molar-refractivity contribution in [3.63, 3.8) is 0 Å². The summed E-state index contributed by atoms with van der Waals surface area (Å²) in [6.45, 7) is 3.22. The number of nitrogens with one attached hydrogen (secondary N) is 1. The molecule has 3 aromatic rings. The minimum absolute atomic E-state index is 0.140. The van der Waals surface area contributed by atoms with Crippen molar-refractivity contribution in [1.82, 2.24) is 20.0 Å². The van der Waals surface area contributed by atoms with Crippen LogP contribution in [0.3, 0.4) is 0 Å². The SMILES string of the molecule is COc1nccnc1NC1CCN(C(=O)c2noc(C)c2COc2ccccc2)CC1. The monoisotopic (exact) mass is 423 g/mol. The van der Waals surface area contributed by atoms with Crippen molar-refractivity contribution in [1.29, 1.82) is 0 Å². The van der Waals surface area contributed by atoms with E-state index in [2.05, 4.69) is 20.4 Å². The van der Waals surface area contributed by atoms with Gasteiger partial charge in [0.25, 0.3) is 11.8 Å². The number of amides is 1. The van der Waals surface area contributed by atoms with Crippen LogP contribution >= 0.6 is 0 Å². The molecule has 0 saturated carbocycles. The van der Waals surface area contributed by atoms with Crippen LogP contribution in [0.1, 0.15) is 34.7 Å². The molecule has 0 radical (unpaired) electrons. The Labute approximate surface area is 180 Å². The molecule has 1 aliphatic rings. The van der Waals surface area contributed by atoms with Crippen LogP contribution in [0, 0.1) is 6.92 Å². The number of para-hydroxylation sites is 1. The molecule has 1 aromatic carbocycles. The molecule has 1 N–H and O–H groups in total. The van der Waals surface area contributed by atoms with E-state index in [0.29, 0.717) is 41.8 Å². The minimum atomic E-state index is -0.140. The maximum absolute atomic E-state index is 13.1. The quantitative estimate of drug-likeness (QED) is 0.619. The van der Waals surface area contributed by atoms with Gasteiger partial charge in [0.2, 0.25) is 0 Å². The number of hydrogen-bond donors (Lipinski definition) is 1. The van der Waals surface area contributed by atoms with E-state index in [-0.39, 0.29) is 18.6 Å². The molecule has 0 aliphatic carbocycles. The summed E-state index contributed by atoms with van der Waals surface area (Å²) in [5.41, 5.74) is 0.994. The molecule has 0 spiro atoms. The second-order valence-electron chi connectivity index (χ2n) is 7.29. The number of piperidine rings is 1. The molecule has 1 saturated heterocycles. The van der Waals surface area contributed by atoms with E-state index < -0.39 is 0 Å². The Hall–Kier alpha value is -3.62. The average molecular weight is 423 g/mol. The summed E-state index contributed by atoms with van der Waals surface area (Å²) in [6.07, 6.45) is 4.76. The summed E-state index contributed by atoms with van der Waals surface area (Å²) in [4.78, 5) is 23.3. The standard InChI is InChI=1S/C22H25N5O4/c1-15-18(14-30-17-6-4-3-5-7-17)19(26-31-15)22(28)27-12-8-16(9-13-27)25-20-21(29-2)24-11-10-23-20/h3-7,10-11,16H,8-9,12-14H2,1-2H3,(H,23,25). The Morgan fingerprint density at radius 3 is 2.68 bits per heavy atom. The first-order valence-electron chi connectivity index (χ1n) is 10.2. The highest BCUT2D eigenvalue weighted by molar-refractivity contribution is 5.93. The third-order valence-electron chi connectivity index (χ3n) is 5.29. The molecule has 0 atom stereocenters. The van der Waals surface area contributed by atoms with Gasteiger partial charge in [0, 0.05) is 31.5 Å². The van der Waals surface area contributed by atoms with Crippen LogP contribution in [-0.4, -0.2) is 52.2 Å². The topological polar surface area (TPSA) is 103 Å². The van der Waals surface area contributed by atoms with E-state index in [0.717, 1.165) is 18.6 Å². The molecule has 3 heterocycles. The van der Waals surface area contributed by atoms with E-state index in [1.54, 1.807) is 31.3 Å². The maximum atomic E-state index is 13.1. The van der Waals surface area contributed by atoms with Crippen LogP contribution in [-0.2, 0) is 6.61 Å². The van der Waals surface area contributed by atoms with Gasteiger partial charge < -0.3 is 24.2 Å². The zero-order valence-electron chi connectivity index (χ0n) is 17.6. The van der Waals surface area contributed by atoms with Crippen LogP contribution in [0.4, 0.5) is 5.82 Å². The van der Waals surface area contributed by atoms with Crippen molar-refractivity contribution in [2.75, 3.05) is 25.5 Å². The lowest BCUT2D eigenvalue weighted by atomic mass is 10.0. The number of aryl methyl sites for hydroxylation is 1. The van der Waals surface area contributed by atoms with Gasteiger partial charge >= 0.3 is 0 Å². The Bertz CT molecular complexity index is 1020. The smallest absolute Gasteiger partial charge is 0.276 e. The fraction of sp³-hybridized carbons (Fsp3) is 0.364. The Kier molecular flexibility index (Phi) is 6.30. The van der Waals surface area contributed by atoms with Gasteiger partial charge in [-0.15, -0.1) is 0 Å². The number of hydrogen-bond acceptors (Lipinski definition) is 8. The Morgan fingerprint density at radius 1 is 1.19 bits per heavy atom. The van der Waals surface area contributed by atoms with Gasteiger partial charge in [-0.1, -0.05) is 23.4 Å². The number of methoxy groups -OCH3 is 1. The average Bonchev–Trinajstić information content (AvgIpc) is 3.19. The fourth-order valence-corrected chi connectivity index (χ4v) is 3.55. The van der Waals surface area contributed by atoms with Gasteiger partial charge in [0.05, 0.1) is 12.7 Å². The highest BCUT2D eigenvalue weighted by Crippen LogP contribution is 2.24. The Morgan fingerprint density at radius 2 is 1.94 bits per heavy atom. The molecular formula is C22H25N5O4. The number of benzene rings is 1. The first kappa shape index (κ1) is 20.6. The second kappa shape index (κ2) is 9.46. The molecule has 1 amide bonds. The van der Waals surface area contributed by atoms with E-state index >= 15 is 0 Å². The molecular weight excluding hydrogens is 398 g/mol.